The van der Waals surface area contributed by atoms with E-state index in [9.17, 15) is 14.7 Å². The van der Waals surface area contributed by atoms with E-state index < -0.39 is 18.0 Å². The average molecular weight is 501 g/mol. The van der Waals surface area contributed by atoms with Gasteiger partial charge in [0.05, 0.1) is 22.2 Å². The molecular formula is C29H28N2O4S. The third kappa shape index (κ3) is 5.63. The van der Waals surface area contributed by atoms with Gasteiger partial charge in [0.25, 0.3) is 0 Å². The number of aromatic nitrogens is 1. The summed E-state index contributed by atoms with van der Waals surface area (Å²) in [5, 5.41) is 12.3. The number of carboxylic acid groups (broad SMARTS) is 1. The van der Waals surface area contributed by atoms with Crippen LogP contribution in [0.4, 0.5) is 10.5 Å². The van der Waals surface area contributed by atoms with Crippen molar-refractivity contribution in [3.8, 4) is 21.6 Å². The number of benzene rings is 3. The monoisotopic (exact) mass is 500 g/mol. The van der Waals surface area contributed by atoms with Crippen LogP contribution in [0.2, 0.25) is 0 Å². The second-order valence-corrected chi connectivity index (χ2v) is 9.33. The molecule has 0 saturated carbocycles. The van der Waals surface area contributed by atoms with Gasteiger partial charge in [-0.05, 0) is 59.6 Å². The average Bonchev–Trinajstić information content (AvgIpc) is 3.25. The van der Waals surface area contributed by atoms with Crippen LogP contribution in [0, 0.1) is 6.92 Å². The van der Waals surface area contributed by atoms with Gasteiger partial charge in [0.15, 0.2) is 0 Å². The summed E-state index contributed by atoms with van der Waals surface area (Å²) in [7, 11) is 0. The van der Waals surface area contributed by atoms with Crippen molar-refractivity contribution in [3.63, 3.8) is 0 Å². The minimum atomic E-state index is -0.808. The lowest BCUT2D eigenvalue weighted by atomic mass is 9.94. The number of anilines is 1. The number of nitrogens with zero attached hydrogens (tertiary/aromatic N) is 1. The van der Waals surface area contributed by atoms with E-state index in [0.717, 1.165) is 38.4 Å². The first kappa shape index (κ1) is 25.1. The van der Waals surface area contributed by atoms with E-state index in [1.807, 2.05) is 99.6 Å². The minimum absolute atomic E-state index is 0.379. The number of carbonyl (C=O) groups excluding carboxylic acids is 1. The van der Waals surface area contributed by atoms with Crippen molar-refractivity contribution < 1.29 is 19.4 Å². The largest absolute Gasteiger partial charge is 0.481 e. The zero-order chi connectivity index (χ0) is 25.7. The molecule has 1 aromatic heterocycles. The van der Waals surface area contributed by atoms with Crippen LogP contribution >= 0.6 is 11.5 Å². The summed E-state index contributed by atoms with van der Waals surface area (Å²) in [6.45, 7) is 5.57. The van der Waals surface area contributed by atoms with Gasteiger partial charge in [-0.3, -0.25) is 10.1 Å². The van der Waals surface area contributed by atoms with Crippen LogP contribution in [0.25, 0.3) is 21.6 Å². The fraction of sp³-hybridized carbons (Fsp3) is 0.207. The zero-order valence-corrected chi connectivity index (χ0v) is 21.2. The number of carboxylic acids is 1. The van der Waals surface area contributed by atoms with E-state index in [0.29, 0.717) is 12.1 Å². The van der Waals surface area contributed by atoms with Crippen LogP contribution in [0.15, 0.2) is 78.9 Å². The van der Waals surface area contributed by atoms with Gasteiger partial charge in [-0.2, -0.15) is 4.37 Å². The van der Waals surface area contributed by atoms with Gasteiger partial charge in [0.1, 0.15) is 6.10 Å². The third-order valence-corrected chi connectivity index (χ3v) is 7.13. The van der Waals surface area contributed by atoms with Gasteiger partial charge in [-0.1, -0.05) is 85.8 Å². The molecule has 4 aromatic rings. The van der Waals surface area contributed by atoms with Crippen LogP contribution in [-0.4, -0.2) is 21.5 Å². The van der Waals surface area contributed by atoms with Gasteiger partial charge in [-0.15, -0.1) is 0 Å². The molecule has 0 unspecified atom stereocenters. The number of aliphatic carboxylic acids is 1. The highest BCUT2D eigenvalue weighted by Gasteiger charge is 2.19. The normalized spacial score (nSPS) is 12.5. The number of hydrogen-bond donors (Lipinski definition) is 2. The van der Waals surface area contributed by atoms with Crippen LogP contribution < -0.4 is 5.32 Å². The Balaban J connectivity index is 1.48. The molecule has 2 atom stereocenters. The summed E-state index contributed by atoms with van der Waals surface area (Å²) in [5.41, 5.74) is 6.04. The van der Waals surface area contributed by atoms with E-state index in [4.69, 9.17) is 4.74 Å². The molecule has 3 aromatic carbocycles. The van der Waals surface area contributed by atoms with Crippen LogP contribution in [0.1, 0.15) is 49.1 Å². The molecule has 7 heteroatoms. The highest BCUT2D eigenvalue weighted by Crippen LogP contribution is 2.36. The molecule has 1 heterocycles. The quantitative estimate of drug-likeness (QED) is 0.259. The summed E-state index contributed by atoms with van der Waals surface area (Å²) in [6.07, 6.45) is -0.359. The lowest BCUT2D eigenvalue weighted by molar-refractivity contribution is -0.138. The van der Waals surface area contributed by atoms with Crippen molar-refractivity contribution in [2.75, 3.05) is 5.32 Å². The molecule has 2 N–H and O–H groups in total. The number of amides is 1. The summed E-state index contributed by atoms with van der Waals surface area (Å²) >= 11 is 1.32. The van der Waals surface area contributed by atoms with Crippen molar-refractivity contribution >= 4 is 29.3 Å². The maximum atomic E-state index is 12.6. The second-order valence-electron chi connectivity index (χ2n) is 8.55. The third-order valence-electron chi connectivity index (χ3n) is 6.14. The molecule has 0 fully saturated rings. The number of aryl methyl sites for hydroxylation is 1. The van der Waals surface area contributed by atoms with Gasteiger partial charge in [0, 0.05) is 0 Å². The zero-order valence-electron chi connectivity index (χ0n) is 20.4. The van der Waals surface area contributed by atoms with Gasteiger partial charge in [-0.25, -0.2) is 4.79 Å². The van der Waals surface area contributed by atoms with Crippen molar-refractivity contribution in [3.05, 3.63) is 95.7 Å². The Morgan fingerprint density at radius 2 is 1.50 bits per heavy atom. The topological polar surface area (TPSA) is 88.5 Å². The number of rotatable bonds is 8. The van der Waals surface area contributed by atoms with E-state index in [1.165, 1.54) is 11.5 Å². The Labute approximate surface area is 214 Å². The summed E-state index contributed by atoms with van der Waals surface area (Å²) in [5.74, 6) is -1.30. The molecule has 0 aliphatic heterocycles. The van der Waals surface area contributed by atoms with Crippen molar-refractivity contribution in [1.82, 2.24) is 4.37 Å². The number of hydrogen-bond acceptors (Lipinski definition) is 5. The number of ether oxygens (including phenoxy) is 1. The number of carbonyl (C=O) groups is 2. The standard InChI is InChI=1S/C29H28N2O4S/c1-4-25(28(32)33)23-14-10-21(11-15-23)22-12-16-24(17-13-22)27-26(18(2)31-36-27)30-29(34)35-19(3)20-8-6-5-7-9-20/h5-17,19,25H,4H2,1-3H3,(H,30,34)(H,32,33)/t19-,25-/m1/s1. The van der Waals surface area contributed by atoms with Crippen molar-refractivity contribution in [2.24, 2.45) is 0 Å². The first-order valence-corrected chi connectivity index (χ1v) is 12.6. The molecule has 0 radical (unpaired) electrons. The highest BCUT2D eigenvalue weighted by molar-refractivity contribution is 7.10. The first-order chi connectivity index (χ1) is 17.4. The molecule has 0 bridgehead atoms. The molecule has 1 amide bonds. The molecule has 6 nitrogen and oxygen atoms in total. The lowest BCUT2D eigenvalue weighted by Gasteiger charge is -2.15. The lowest BCUT2D eigenvalue weighted by Crippen LogP contribution is -2.16. The Morgan fingerprint density at radius 1 is 0.917 bits per heavy atom. The Bertz CT molecular complexity index is 1330. The molecule has 0 spiro atoms. The van der Waals surface area contributed by atoms with Crippen LogP contribution in [0.3, 0.4) is 0 Å². The van der Waals surface area contributed by atoms with Crippen molar-refractivity contribution in [2.45, 2.75) is 39.2 Å². The fourth-order valence-electron chi connectivity index (χ4n) is 4.07. The van der Waals surface area contributed by atoms with Gasteiger partial charge >= 0.3 is 12.1 Å². The van der Waals surface area contributed by atoms with E-state index in [-0.39, 0.29) is 6.10 Å². The van der Waals surface area contributed by atoms with Crippen LogP contribution in [-0.2, 0) is 9.53 Å². The van der Waals surface area contributed by atoms with E-state index in [1.54, 1.807) is 0 Å². The molecule has 0 saturated heterocycles. The molecule has 0 aliphatic carbocycles. The molecular weight excluding hydrogens is 472 g/mol. The SMILES string of the molecule is CC[C@@H](C(=O)O)c1ccc(-c2ccc(-c3snc(C)c3NC(=O)O[C@H](C)c3ccccc3)cc2)cc1. The highest BCUT2D eigenvalue weighted by atomic mass is 32.1. The van der Waals surface area contributed by atoms with E-state index in [2.05, 4.69) is 9.69 Å². The minimum Gasteiger partial charge on any atom is -0.481 e. The second kappa shape index (κ2) is 11.2. The summed E-state index contributed by atoms with van der Waals surface area (Å²) < 4.78 is 10.0. The predicted molar refractivity (Wildman–Crippen MR) is 143 cm³/mol. The fourth-order valence-corrected chi connectivity index (χ4v) is 4.92. The Kier molecular flexibility index (Phi) is 7.80. The predicted octanol–water partition coefficient (Wildman–Crippen LogP) is 7.67. The Morgan fingerprint density at radius 3 is 2.08 bits per heavy atom. The van der Waals surface area contributed by atoms with Gasteiger partial charge in [0.2, 0.25) is 0 Å². The maximum Gasteiger partial charge on any atom is 0.412 e. The van der Waals surface area contributed by atoms with Gasteiger partial charge < -0.3 is 9.84 Å². The number of nitrogens with one attached hydrogen (secondary N) is 1. The summed E-state index contributed by atoms with van der Waals surface area (Å²) in [6, 6.07) is 25.2. The molecule has 36 heavy (non-hydrogen) atoms. The van der Waals surface area contributed by atoms with Crippen LogP contribution in [0.5, 0.6) is 0 Å². The molecule has 0 aliphatic rings. The van der Waals surface area contributed by atoms with E-state index >= 15 is 0 Å². The summed E-state index contributed by atoms with van der Waals surface area (Å²) in [4.78, 5) is 24.9. The molecule has 4 rings (SSSR count). The smallest absolute Gasteiger partial charge is 0.412 e. The molecule has 184 valence electrons. The Hall–Kier alpha value is -3.97. The first-order valence-electron chi connectivity index (χ1n) is 11.8. The van der Waals surface area contributed by atoms with Crippen molar-refractivity contribution in [1.29, 1.82) is 0 Å². The maximum absolute atomic E-state index is 12.6.